The molecule has 0 spiro atoms. The molecule has 0 radical (unpaired) electrons. The Morgan fingerprint density at radius 3 is 2.45 bits per heavy atom. The second-order valence-electron chi connectivity index (χ2n) is 4.58. The Morgan fingerprint density at radius 2 is 1.85 bits per heavy atom. The molecule has 0 fully saturated rings. The molecule has 0 heterocycles. The SMILES string of the molecule is CCCCc1ccc(NC(=O)CCNC(=O)CCl)cc1. The van der Waals surface area contributed by atoms with Crippen molar-refractivity contribution < 1.29 is 9.59 Å². The average molecular weight is 297 g/mol. The molecule has 5 heteroatoms. The molecule has 0 bridgehead atoms. The summed E-state index contributed by atoms with van der Waals surface area (Å²) in [5.74, 6) is -0.471. The van der Waals surface area contributed by atoms with Crippen molar-refractivity contribution in [2.45, 2.75) is 32.6 Å². The third kappa shape index (κ3) is 6.57. The van der Waals surface area contributed by atoms with Crippen molar-refractivity contribution >= 4 is 29.1 Å². The number of alkyl halides is 1. The molecule has 0 aliphatic heterocycles. The number of amides is 2. The quantitative estimate of drug-likeness (QED) is 0.725. The predicted octanol–water partition coefficient (Wildman–Crippen LogP) is 2.71. The number of aryl methyl sites for hydroxylation is 1. The summed E-state index contributed by atoms with van der Waals surface area (Å²) in [6, 6.07) is 7.86. The molecule has 4 nitrogen and oxygen atoms in total. The van der Waals surface area contributed by atoms with Gasteiger partial charge < -0.3 is 10.6 Å². The van der Waals surface area contributed by atoms with Crippen molar-refractivity contribution in [3.8, 4) is 0 Å². The molecule has 20 heavy (non-hydrogen) atoms. The van der Waals surface area contributed by atoms with Crippen LogP contribution in [0.15, 0.2) is 24.3 Å². The molecule has 0 saturated heterocycles. The lowest BCUT2D eigenvalue weighted by Gasteiger charge is -2.07. The van der Waals surface area contributed by atoms with E-state index in [4.69, 9.17) is 11.6 Å². The van der Waals surface area contributed by atoms with E-state index < -0.39 is 0 Å². The predicted molar refractivity (Wildman–Crippen MR) is 82.0 cm³/mol. The first-order valence-electron chi connectivity index (χ1n) is 6.87. The Bertz CT molecular complexity index is 432. The van der Waals surface area contributed by atoms with Gasteiger partial charge in [-0.2, -0.15) is 0 Å². The first kappa shape index (κ1) is 16.5. The van der Waals surface area contributed by atoms with Crippen molar-refractivity contribution in [1.82, 2.24) is 5.32 Å². The zero-order valence-corrected chi connectivity index (χ0v) is 12.5. The molecule has 2 N–H and O–H groups in total. The summed E-state index contributed by atoms with van der Waals surface area (Å²) >= 11 is 5.34. The highest BCUT2D eigenvalue weighted by Gasteiger charge is 2.04. The fraction of sp³-hybridized carbons (Fsp3) is 0.467. The Labute approximate surface area is 124 Å². The number of rotatable bonds is 8. The summed E-state index contributed by atoms with van der Waals surface area (Å²) in [6.07, 6.45) is 3.65. The van der Waals surface area contributed by atoms with Gasteiger partial charge in [-0.05, 0) is 30.5 Å². The van der Waals surface area contributed by atoms with Crippen LogP contribution >= 0.6 is 11.6 Å². The largest absolute Gasteiger partial charge is 0.355 e. The molecule has 0 saturated carbocycles. The van der Waals surface area contributed by atoms with E-state index in [1.807, 2.05) is 24.3 Å². The summed E-state index contributed by atoms with van der Waals surface area (Å²) < 4.78 is 0. The second kappa shape index (κ2) is 9.37. The van der Waals surface area contributed by atoms with Gasteiger partial charge >= 0.3 is 0 Å². The topological polar surface area (TPSA) is 58.2 Å². The van der Waals surface area contributed by atoms with Gasteiger partial charge in [-0.3, -0.25) is 9.59 Å². The fourth-order valence-electron chi connectivity index (χ4n) is 1.72. The lowest BCUT2D eigenvalue weighted by atomic mass is 10.1. The van der Waals surface area contributed by atoms with Gasteiger partial charge in [-0.25, -0.2) is 0 Å². The van der Waals surface area contributed by atoms with Gasteiger partial charge in [0.05, 0.1) is 0 Å². The summed E-state index contributed by atoms with van der Waals surface area (Å²) in [6.45, 7) is 2.46. The van der Waals surface area contributed by atoms with E-state index in [2.05, 4.69) is 17.6 Å². The van der Waals surface area contributed by atoms with Crippen LogP contribution in [0.4, 0.5) is 5.69 Å². The summed E-state index contributed by atoms with van der Waals surface area (Å²) in [5, 5.41) is 5.34. The van der Waals surface area contributed by atoms with Crippen LogP contribution in [0.1, 0.15) is 31.7 Å². The molecule has 1 aromatic rings. The number of hydrogen-bond acceptors (Lipinski definition) is 2. The Hall–Kier alpha value is -1.55. The summed E-state index contributed by atoms with van der Waals surface area (Å²) in [5.41, 5.74) is 2.05. The monoisotopic (exact) mass is 296 g/mol. The minimum absolute atomic E-state index is 0.0825. The normalized spacial score (nSPS) is 10.1. The Balaban J connectivity index is 2.32. The highest BCUT2D eigenvalue weighted by Crippen LogP contribution is 2.11. The van der Waals surface area contributed by atoms with Crippen molar-refractivity contribution in [2.75, 3.05) is 17.7 Å². The maximum Gasteiger partial charge on any atom is 0.234 e. The van der Waals surface area contributed by atoms with Gasteiger partial charge in [0.1, 0.15) is 5.88 Å². The number of nitrogens with one attached hydrogen (secondary N) is 2. The number of carbonyl (C=O) groups is 2. The van der Waals surface area contributed by atoms with E-state index in [1.165, 1.54) is 18.4 Å². The highest BCUT2D eigenvalue weighted by atomic mass is 35.5. The van der Waals surface area contributed by atoms with Crippen LogP contribution in [0.2, 0.25) is 0 Å². The fourth-order valence-corrected chi connectivity index (χ4v) is 1.82. The molecule has 0 aliphatic carbocycles. The summed E-state index contributed by atoms with van der Waals surface area (Å²) in [4.78, 5) is 22.5. The van der Waals surface area contributed by atoms with Gasteiger partial charge in [-0.1, -0.05) is 25.5 Å². The first-order chi connectivity index (χ1) is 9.65. The molecule has 0 atom stereocenters. The molecule has 1 rings (SSSR count). The maximum absolute atomic E-state index is 11.6. The van der Waals surface area contributed by atoms with Crippen LogP contribution < -0.4 is 10.6 Å². The van der Waals surface area contributed by atoms with Gasteiger partial charge in [0.15, 0.2) is 0 Å². The van der Waals surface area contributed by atoms with Crippen molar-refractivity contribution in [2.24, 2.45) is 0 Å². The Kier molecular flexibility index (Phi) is 7.73. The zero-order chi connectivity index (χ0) is 14.8. The minimum Gasteiger partial charge on any atom is -0.355 e. The number of anilines is 1. The van der Waals surface area contributed by atoms with Crippen LogP contribution in [0, 0.1) is 0 Å². The second-order valence-corrected chi connectivity index (χ2v) is 4.85. The third-order valence-electron chi connectivity index (χ3n) is 2.85. The minimum atomic E-state index is -0.264. The van der Waals surface area contributed by atoms with Crippen LogP contribution in [-0.2, 0) is 16.0 Å². The number of hydrogen-bond donors (Lipinski definition) is 2. The molecular formula is C15H21ClN2O2. The number of unbranched alkanes of at least 4 members (excludes halogenated alkanes) is 1. The smallest absolute Gasteiger partial charge is 0.234 e. The zero-order valence-electron chi connectivity index (χ0n) is 11.7. The van der Waals surface area contributed by atoms with Crippen LogP contribution in [-0.4, -0.2) is 24.2 Å². The number of carbonyl (C=O) groups excluding carboxylic acids is 2. The number of halogens is 1. The molecule has 0 aromatic heterocycles. The van der Waals surface area contributed by atoms with E-state index in [0.717, 1.165) is 12.1 Å². The van der Waals surface area contributed by atoms with Crippen molar-refractivity contribution in [1.29, 1.82) is 0 Å². The molecule has 0 unspecified atom stereocenters. The van der Waals surface area contributed by atoms with Gasteiger partial charge in [0.25, 0.3) is 0 Å². The van der Waals surface area contributed by atoms with Gasteiger partial charge in [-0.15, -0.1) is 11.6 Å². The van der Waals surface area contributed by atoms with Crippen LogP contribution in [0.5, 0.6) is 0 Å². The van der Waals surface area contributed by atoms with Crippen LogP contribution in [0.3, 0.4) is 0 Å². The van der Waals surface area contributed by atoms with Gasteiger partial charge in [0.2, 0.25) is 11.8 Å². The lowest BCUT2D eigenvalue weighted by molar-refractivity contribution is -0.119. The van der Waals surface area contributed by atoms with Gasteiger partial charge in [0, 0.05) is 18.7 Å². The van der Waals surface area contributed by atoms with E-state index >= 15 is 0 Å². The number of benzene rings is 1. The molecule has 110 valence electrons. The molecular weight excluding hydrogens is 276 g/mol. The van der Waals surface area contributed by atoms with Crippen LogP contribution in [0.25, 0.3) is 0 Å². The molecule has 0 aliphatic rings. The standard InChI is InChI=1S/C15H21ClN2O2/c1-2-3-4-12-5-7-13(8-6-12)18-14(19)9-10-17-15(20)11-16/h5-8H,2-4,9-11H2,1H3,(H,17,20)(H,18,19). The third-order valence-corrected chi connectivity index (χ3v) is 3.10. The summed E-state index contributed by atoms with van der Waals surface area (Å²) in [7, 11) is 0. The first-order valence-corrected chi connectivity index (χ1v) is 7.40. The van der Waals surface area contributed by atoms with E-state index in [0.29, 0.717) is 6.54 Å². The van der Waals surface area contributed by atoms with Crippen molar-refractivity contribution in [3.63, 3.8) is 0 Å². The van der Waals surface area contributed by atoms with E-state index in [1.54, 1.807) is 0 Å². The van der Waals surface area contributed by atoms with E-state index in [-0.39, 0.29) is 24.1 Å². The lowest BCUT2D eigenvalue weighted by Crippen LogP contribution is -2.28. The average Bonchev–Trinajstić information content (AvgIpc) is 2.46. The Morgan fingerprint density at radius 1 is 1.15 bits per heavy atom. The molecule has 2 amide bonds. The molecule has 1 aromatic carbocycles. The highest BCUT2D eigenvalue weighted by molar-refractivity contribution is 6.27. The van der Waals surface area contributed by atoms with Crippen molar-refractivity contribution in [3.05, 3.63) is 29.8 Å². The van der Waals surface area contributed by atoms with E-state index in [9.17, 15) is 9.59 Å². The maximum atomic E-state index is 11.6.